The lowest BCUT2D eigenvalue weighted by Gasteiger charge is -2.26. The van der Waals surface area contributed by atoms with Crippen LogP contribution in [0.2, 0.25) is 0 Å². The Bertz CT molecular complexity index is 846. The normalized spacial score (nSPS) is 15.3. The molecule has 0 aliphatic carbocycles. The molecule has 0 saturated carbocycles. The lowest BCUT2D eigenvalue weighted by Crippen LogP contribution is -2.41. The molecule has 1 aliphatic rings. The molecule has 0 unspecified atom stereocenters. The van der Waals surface area contributed by atoms with Crippen LogP contribution in [0.5, 0.6) is 0 Å². The number of ether oxygens (including phenoxy) is 1. The molecule has 0 spiro atoms. The Hall–Kier alpha value is -2.40. The van der Waals surface area contributed by atoms with E-state index in [0.717, 1.165) is 42.9 Å². The Morgan fingerprint density at radius 1 is 1.22 bits per heavy atom. The minimum absolute atomic E-state index is 0.0219. The van der Waals surface area contributed by atoms with Crippen LogP contribution in [0.4, 0.5) is 0 Å². The van der Waals surface area contributed by atoms with Gasteiger partial charge in [-0.3, -0.25) is 9.69 Å². The predicted molar refractivity (Wildman–Crippen MR) is 106 cm³/mol. The second-order valence-electron chi connectivity index (χ2n) is 6.09. The summed E-state index contributed by atoms with van der Waals surface area (Å²) in [7, 11) is 0. The molecule has 3 rings (SSSR count). The first kappa shape index (κ1) is 19.4. The summed E-state index contributed by atoms with van der Waals surface area (Å²) in [6.45, 7) is 4.39. The van der Waals surface area contributed by atoms with Gasteiger partial charge in [0.15, 0.2) is 0 Å². The maximum Gasteiger partial charge on any atom is 0.262 e. The number of hydrogen-bond acceptors (Lipinski definition) is 5. The highest BCUT2D eigenvalue weighted by Gasteiger charge is 2.13. The second-order valence-corrected chi connectivity index (χ2v) is 7.00. The van der Waals surface area contributed by atoms with Gasteiger partial charge < -0.3 is 14.5 Å². The number of halogens is 1. The van der Waals surface area contributed by atoms with E-state index in [2.05, 4.69) is 26.1 Å². The number of rotatable bonds is 6. The van der Waals surface area contributed by atoms with Crippen LogP contribution in [-0.4, -0.2) is 50.2 Å². The van der Waals surface area contributed by atoms with Gasteiger partial charge in [0.1, 0.15) is 23.2 Å². The summed E-state index contributed by atoms with van der Waals surface area (Å²) in [5.41, 5.74) is 0.944. The van der Waals surface area contributed by atoms with Crippen molar-refractivity contribution in [3.63, 3.8) is 0 Å². The standard InChI is InChI=1S/C20H20BrN3O3/c21-17-3-1-15(2-4-17)19-6-5-18(27-19)13-16(14-22)20(25)23-7-8-24-9-11-26-12-10-24/h1-6,13H,7-12H2,(H,23,25)/b16-13+. The Balaban J connectivity index is 1.59. The Labute approximate surface area is 166 Å². The van der Waals surface area contributed by atoms with Crippen molar-refractivity contribution in [2.75, 3.05) is 39.4 Å². The molecular formula is C20H20BrN3O3. The van der Waals surface area contributed by atoms with Gasteiger partial charge in [-0.1, -0.05) is 28.1 Å². The number of carbonyl (C=O) groups is 1. The molecule has 0 bridgehead atoms. The van der Waals surface area contributed by atoms with E-state index in [0.29, 0.717) is 18.1 Å². The second kappa shape index (κ2) is 9.51. The number of carbonyl (C=O) groups excluding carboxylic acids is 1. The number of nitrogens with one attached hydrogen (secondary N) is 1. The molecular weight excluding hydrogens is 410 g/mol. The minimum atomic E-state index is -0.396. The van der Waals surface area contributed by atoms with Crippen LogP contribution >= 0.6 is 15.9 Å². The highest BCUT2D eigenvalue weighted by Crippen LogP contribution is 2.25. The van der Waals surface area contributed by atoms with Crippen LogP contribution in [0.25, 0.3) is 17.4 Å². The van der Waals surface area contributed by atoms with E-state index < -0.39 is 5.91 Å². The van der Waals surface area contributed by atoms with Gasteiger partial charge in [-0.25, -0.2) is 0 Å². The van der Waals surface area contributed by atoms with Crippen molar-refractivity contribution >= 4 is 27.9 Å². The van der Waals surface area contributed by atoms with E-state index in [1.165, 1.54) is 6.08 Å². The van der Waals surface area contributed by atoms with Crippen molar-refractivity contribution in [2.45, 2.75) is 0 Å². The molecule has 0 radical (unpaired) electrons. The van der Waals surface area contributed by atoms with E-state index in [1.807, 2.05) is 36.4 Å². The van der Waals surface area contributed by atoms with Crippen molar-refractivity contribution in [3.8, 4) is 17.4 Å². The van der Waals surface area contributed by atoms with Crippen molar-refractivity contribution in [3.05, 3.63) is 52.2 Å². The van der Waals surface area contributed by atoms with Crippen LogP contribution in [0.3, 0.4) is 0 Å². The summed E-state index contributed by atoms with van der Waals surface area (Å²) in [5, 5.41) is 12.1. The minimum Gasteiger partial charge on any atom is -0.457 e. The quantitative estimate of drug-likeness (QED) is 0.563. The zero-order valence-corrected chi connectivity index (χ0v) is 16.4. The lowest BCUT2D eigenvalue weighted by atomic mass is 10.2. The third-order valence-corrected chi connectivity index (χ3v) is 4.75. The third kappa shape index (κ3) is 5.54. The highest BCUT2D eigenvalue weighted by atomic mass is 79.9. The largest absolute Gasteiger partial charge is 0.457 e. The number of furan rings is 1. The molecule has 1 aromatic carbocycles. The average Bonchev–Trinajstić information content (AvgIpc) is 3.16. The highest BCUT2D eigenvalue weighted by molar-refractivity contribution is 9.10. The Kier molecular flexibility index (Phi) is 6.82. The summed E-state index contributed by atoms with van der Waals surface area (Å²) in [5.74, 6) is 0.749. The van der Waals surface area contributed by atoms with E-state index >= 15 is 0 Å². The molecule has 140 valence electrons. The number of nitrogens with zero attached hydrogens (tertiary/aromatic N) is 2. The fourth-order valence-corrected chi connectivity index (χ4v) is 3.00. The first-order valence-corrected chi connectivity index (χ1v) is 9.51. The van der Waals surface area contributed by atoms with Crippen molar-refractivity contribution in [1.82, 2.24) is 10.2 Å². The molecule has 1 aromatic heterocycles. The molecule has 7 heteroatoms. The summed E-state index contributed by atoms with van der Waals surface area (Å²) >= 11 is 3.40. The smallest absolute Gasteiger partial charge is 0.262 e. The van der Waals surface area contributed by atoms with Gasteiger partial charge in [-0.2, -0.15) is 5.26 Å². The zero-order chi connectivity index (χ0) is 19.1. The van der Waals surface area contributed by atoms with E-state index in [1.54, 1.807) is 6.07 Å². The summed E-state index contributed by atoms with van der Waals surface area (Å²) in [4.78, 5) is 14.5. The monoisotopic (exact) mass is 429 g/mol. The van der Waals surface area contributed by atoms with Gasteiger partial charge in [-0.05, 0) is 24.3 Å². The van der Waals surface area contributed by atoms with Crippen LogP contribution in [0, 0.1) is 11.3 Å². The molecule has 1 fully saturated rings. The van der Waals surface area contributed by atoms with Gasteiger partial charge >= 0.3 is 0 Å². The molecule has 2 heterocycles. The fraction of sp³-hybridized carbons (Fsp3) is 0.300. The SMILES string of the molecule is N#C/C(=C\c1ccc(-c2ccc(Br)cc2)o1)C(=O)NCCN1CCOCC1. The van der Waals surface area contributed by atoms with Crippen LogP contribution in [-0.2, 0) is 9.53 Å². The third-order valence-electron chi connectivity index (χ3n) is 4.22. The number of hydrogen-bond donors (Lipinski definition) is 1. The van der Waals surface area contributed by atoms with Gasteiger partial charge in [0.25, 0.3) is 5.91 Å². The Morgan fingerprint density at radius 2 is 1.96 bits per heavy atom. The van der Waals surface area contributed by atoms with Crippen LogP contribution in [0.15, 0.2) is 50.9 Å². The first-order chi connectivity index (χ1) is 13.2. The number of benzene rings is 1. The number of morpholine rings is 1. The Morgan fingerprint density at radius 3 is 2.67 bits per heavy atom. The molecule has 27 heavy (non-hydrogen) atoms. The summed E-state index contributed by atoms with van der Waals surface area (Å²) in [6.07, 6.45) is 1.46. The van der Waals surface area contributed by atoms with E-state index in [9.17, 15) is 10.1 Å². The lowest BCUT2D eigenvalue weighted by molar-refractivity contribution is -0.117. The van der Waals surface area contributed by atoms with Crippen molar-refractivity contribution in [1.29, 1.82) is 5.26 Å². The van der Waals surface area contributed by atoms with Crippen molar-refractivity contribution < 1.29 is 13.9 Å². The summed E-state index contributed by atoms with van der Waals surface area (Å²) in [6, 6.07) is 13.2. The maximum absolute atomic E-state index is 12.2. The molecule has 0 atom stereocenters. The topological polar surface area (TPSA) is 78.5 Å². The van der Waals surface area contributed by atoms with Crippen molar-refractivity contribution in [2.24, 2.45) is 0 Å². The molecule has 2 aromatic rings. The molecule has 1 N–H and O–H groups in total. The summed E-state index contributed by atoms with van der Waals surface area (Å²) < 4.78 is 12.0. The van der Waals surface area contributed by atoms with Gasteiger partial charge in [0.05, 0.1) is 13.2 Å². The van der Waals surface area contributed by atoms with E-state index in [-0.39, 0.29) is 5.57 Å². The van der Waals surface area contributed by atoms with E-state index in [4.69, 9.17) is 9.15 Å². The fourth-order valence-electron chi connectivity index (χ4n) is 2.74. The number of amides is 1. The number of nitriles is 1. The van der Waals surface area contributed by atoms with Gasteiger partial charge in [-0.15, -0.1) is 0 Å². The predicted octanol–water partition coefficient (Wildman–Crippen LogP) is 3.06. The average molecular weight is 430 g/mol. The van der Waals surface area contributed by atoms with Gasteiger partial charge in [0, 0.05) is 42.3 Å². The molecule has 6 nitrogen and oxygen atoms in total. The molecule has 1 aliphatic heterocycles. The van der Waals surface area contributed by atoms with Gasteiger partial charge in [0.2, 0.25) is 0 Å². The van der Waals surface area contributed by atoms with Crippen LogP contribution in [0.1, 0.15) is 5.76 Å². The molecule has 1 amide bonds. The zero-order valence-electron chi connectivity index (χ0n) is 14.8. The maximum atomic E-state index is 12.2. The molecule has 1 saturated heterocycles. The van der Waals surface area contributed by atoms with Crippen LogP contribution < -0.4 is 5.32 Å². The first-order valence-electron chi connectivity index (χ1n) is 8.71.